The van der Waals surface area contributed by atoms with Gasteiger partial charge in [0.05, 0.1) is 0 Å². The maximum atomic E-state index is 6.41. The fraction of sp³-hybridized carbons (Fsp3) is 0. The lowest BCUT2D eigenvalue weighted by molar-refractivity contribution is 0.620. The molecule has 0 aliphatic carbocycles. The first kappa shape index (κ1) is 29.7. The van der Waals surface area contributed by atoms with Crippen LogP contribution in [0.2, 0.25) is 0 Å². The third-order valence-electron chi connectivity index (χ3n) is 9.79. The maximum Gasteiger partial charge on any atom is 0.227 e. The lowest BCUT2D eigenvalue weighted by atomic mass is 10.00. The lowest BCUT2D eigenvalue weighted by Gasteiger charge is -2.11. The predicted molar refractivity (Wildman–Crippen MR) is 215 cm³/mol. The molecule has 4 aromatic heterocycles. The summed E-state index contributed by atoms with van der Waals surface area (Å²) >= 11 is 1.74. The molecule has 0 bridgehead atoms. The third kappa shape index (κ3) is 4.86. The summed E-state index contributed by atoms with van der Waals surface area (Å²) in [5.74, 6) is 2.37. The van der Waals surface area contributed by atoms with E-state index in [0.717, 1.165) is 86.6 Å². The number of aromatic nitrogens is 4. The Kier molecular flexibility index (Phi) is 6.62. The number of hydrogen-bond donors (Lipinski definition) is 0. The highest BCUT2D eigenvalue weighted by molar-refractivity contribution is 7.26. The highest BCUT2D eigenvalue weighted by Gasteiger charge is 2.21. The minimum atomic E-state index is 0.586. The zero-order valence-corrected chi connectivity index (χ0v) is 28.8. The SMILES string of the molecule is c1ccc(-c2nc(-c3cccc(-c4cccc5c4oc4ccccc45)c3)nc(-c3cccc4sc5cccc(-c6nc7ccccc7o6)c5c34)n2)cc1. The monoisotopic (exact) mass is 698 g/mol. The van der Waals surface area contributed by atoms with Crippen molar-refractivity contribution in [3.05, 3.63) is 158 Å². The van der Waals surface area contributed by atoms with E-state index in [9.17, 15) is 0 Å². The van der Waals surface area contributed by atoms with Gasteiger partial charge < -0.3 is 8.83 Å². The lowest BCUT2D eigenvalue weighted by Crippen LogP contribution is -2.00. The van der Waals surface area contributed by atoms with E-state index in [1.54, 1.807) is 11.3 Å². The van der Waals surface area contributed by atoms with E-state index >= 15 is 0 Å². The molecule has 53 heavy (non-hydrogen) atoms. The molecule has 0 saturated heterocycles. The van der Waals surface area contributed by atoms with Gasteiger partial charge in [-0.15, -0.1) is 11.3 Å². The molecule has 0 N–H and O–H groups in total. The average Bonchev–Trinajstić information content (AvgIpc) is 3.94. The van der Waals surface area contributed by atoms with E-state index < -0.39 is 0 Å². The topological polar surface area (TPSA) is 77.8 Å². The van der Waals surface area contributed by atoms with E-state index in [1.807, 2.05) is 72.8 Å². The van der Waals surface area contributed by atoms with Crippen molar-refractivity contribution in [3.8, 4) is 56.7 Å². The van der Waals surface area contributed by atoms with Gasteiger partial charge >= 0.3 is 0 Å². The number of furan rings is 1. The van der Waals surface area contributed by atoms with Gasteiger partial charge in [0, 0.05) is 58.8 Å². The van der Waals surface area contributed by atoms with Crippen LogP contribution in [0.25, 0.3) is 110 Å². The van der Waals surface area contributed by atoms with Crippen molar-refractivity contribution in [3.63, 3.8) is 0 Å². The Balaban J connectivity index is 1.12. The van der Waals surface area contributed by atoms with Gasteiger partial charge in [-0.3, -0.25) is 0 Å². The van der Waals surface area contributed by atoms with E-state index in [0.29, 0.717) is 23.4 Å². The maximum absolute atomic E-state index is 6.41. The van der Waals surface area contributed by atoms with Gasteiger partial charge in [0.15, 0.2) is 23.1 Å². The fourth-order valence-electron chi connectivity index (χ4n) is 7.36. The molecule has 0 radical (unpaired) electrons. The van der Waals surface area contributed by atoms with Gasteiger partial charge in [-0.2, -0.15) is 0 Å². The highest BCUT2D eigenvalue weighted by Crippen LogP contribution is 2.44. The van der Waals surface area contributed by atoms with Gasteiger partial charge in [0.2, 0.25) is 5.89 Å². The second-order valence-corrected chi connectivity index (χ2v) is 14.1. The first-order chi connectivity index (χ1) is 26.2. The predicted octanol–water partition coefficient (Wildman–Crippen LogP) is 12.6. The molecule has 248 valence electrons. The Labute approximate surface area is 306 Å². The summed E-state index contributed by atoms with van der Waals surface area (Å²) in [5, 5.41) is 4.32. The van der Waals surface area contributed by atoms with Crippen LogP contribution < -0.4 is 0 Å². The Hall–Kier alpha value is -6.96. The van der Waals surface area contributed by atoms with E-state index in [2.05, 4.69) is 84.9 Å². The van der Waals surface area contributed by atoms with Crippen LogP contribution >= 0.6 is 11.3 Å². The number of oxazole rings is 1. The number of nitrogens with zero attached hydrogens (tertiary/aromatic N) is 4. The number of rotatable bonds is 5. The molecule has 7 aromatic carbocycles. The molecule has 0 fully saturated rings. The summed E-state index contributed by atoms with van der Waals surface area (Å²) in [5.41, 5.74) is 8.99. The number of para-hydroxylation sites is 4. The third-order valence-corrected chi connectivity index (χ3v) is 10.9. The molecule has 7 heteroatoms. The smallest absolute Gasteiger partial charge is 0.227 e. The van der Waals surface area contributed by atoms with Crippen LogP contribution in [-0.2, 0) is 0 Å². The number of hydrogen-bond acceptors (Lipinski definition) is 7. The molecule has 11 rings (SSSR count). The molecule has 6 nitrogen and oxygen atoms in total. The number of thiophene rings is 1. The summed E-state index contributed by atoms with van der Waals surface area (Å²) < 4.78 is 15.0. The molecule has 0 spiro atoms. The molecule has 0 amide bonds. The summed E-state index contributed by atoms with van der Waals surface area (Å²) in [6.07, 6.45) is 0. The minimum absolute atomic E-state index is 0.586. The van der Waals surface area contributed by atoms with Crippen LogP contribution in [0.3, 0.4) is 0 Å². The minimum Gasteiger partial charge on any atom is -0.455 e. The van der Waals surface area contributed by atoms with E-state index in [4.69, 9.17) is 28.8 Å². The van der Waals surface area contributed by atoms with Crippen LogP contribution in [0.4, 0.5) is 0 Å². The van der Waals surface area contributed by atoms with Crippen molar-refractivity contribution in [2.24, 2.45) is 0 Å². The summed E-state index contributed by atoms with van der Waals surface area (Å²) in [4.78, 5) is 20.3. The Bertz CT molecular complexity index is 3160. The van der Waals surface area contributed by atoms with Gasteiger partial charge in [-0.1, -0.05) is 115 Å². The first-order valence-corrected chi connectivity index (χ1v) is 18.2. The Morgan fingerprint density at radius 3 is 1.85 bits per heavy atom. The van der Waals surface area contributed by atoms with Crippen molar-refractivity contribution in [1.29, 1.82) is 0 Å². The molecule has 11 aromatic rings. The summed E-state index contributed by atoms with van der Waals surface area (Å²) in [6.45, 7) is 0. The second-order valence-electron chi connectivity index (χ2n) is 13.0. The summed E-state index contributed by atoms with van der Waals surface area (Å²) in [7, 11) is 0. The van der Waals surface area contributed by atoms with Gasteiger partial charge in [-0.05, 0) is 48.0 Å². The first-order valence-electron chi connectivity index (χ1n) is 17.4. The molecular weight excluding hydrogens is 673 g/mol. The molecule has 0 aliphatic rings. The van der Waals surface area contributed by atoms with Crippen molar-refractivity contribution in [2.75, 3.05) is 0 Å². The molecule has 0 saturated carbocycles. The van der Waals surface area contributed by atoms with Crippen molar-refractivity contribution in [2.45, 2.75) is 0 Å². The Morgan fingerprint density at radius 1 is 0.396 bits per heavy atom. The average molecular weight is 699 g/mol. The van der Waals surface area contributed by atoms with Gasteiger partial charge in [0.25, 0.3) is 0 Å². The van der Waals surface area contributed by atoms with Crippen molar-refractivity contribution < 1.29 is 8.83 Å². The Morgan fingerprint density at radius 2 is 1.00 bits per heavy atom. The van der Waals surface area contributed by atoms with Crippen LogP contribution in [0.5, 0.6) is 0 Å². The van der Waals surface area contributed by atoms with Crippen LogP contribution in [0.15, 0.2) is 167 Å². The van der Waals surface area contributed by atoms with E-state index in [1.165, 1.54) is 0 Å². The van der Waals surface area contributed by atoms with Crippen molar-refractivity contribution >= 4 is 64.5 Å². The molecule has 4 heterocycles. The largest absolute Gasteiger partial charge is 0.455 e. The zero-order valence-electron chi connectivity index (χ0n) is 28.0. The molecule has 0 atom stereocenters. The van der Waals surface area contributed by atoms with Crippen LogP contribution in [-0.4, -0.2) is 19.9 Å². The fourth-order valence-corrected chi connectivity index (χ4v) is 8.52. The normalized spacial score (nSPS) is 11.8. The van der Waals surface area contributed by atoms with Gasteiger partial charge in [-0.25, -0.2) is 19.9 Å². The second kappa shape index (κ2) is 11.8. The van der Waals surface area contributed by atoms with Crippen LogP contribution in [0.1, 0.15) is 0 Å². The zero-order chi connectivity index (χ0) is 34.9. The standard InChI is InChI=1S/C46H26N4O2S/c1-2-12-27(13-3-1)43-48-44(29-15-8-14-28(26-29)30-17-9-18-32-31-16-4-6-22-36(31)51-42(30)32)50-45(49-43)33-19-10-24-38-40(33)41-34(20-11-25-39(41)53-38)46-47-35-21-5-7-23-37(35)52-46/h1-26H. The quantitative estimate of drug-likeness (QED) is 0.178. The molecule has 0 unspecified atom stereocenters. The van der Waals surface area contributed by atoms with Crippen molar-refractivity contribution in [1.82, 2.24) is 19.9 Å². The molecular formula is C46H26N4O2S. The summed E-state index contributed by atoms with van der Waals surface area (Å²) in [6, 6.07) is 53.4. The number of benzene rings is 7. The molecule has 0 aliphatic heterocycles. The van der Waals surface area contributed by atoms with E-state index in [-0.39, 0.29) is 0 Å². The van der Waals surface area contributed by atoms with Crippen LogP contribution in [0, 0.1) is 0 Å². The highest BCUT2D eigenvalue weighted by atomic mass is 32.1. The van der Waals surface area contributed by atoms with Gasteiger partial charge in [0.1, 0.15) is 16.7 Å². The number of fused-ring (bicyclic) bond motifs is 7.